The molecule has 0 aliphatic carbocycles. The third-order valence-electron chi connectivity index (χ3n) is 2.94. The zero-order chi connectivity index (χ0) is 15.3. The van der Waals surface area contributed by atoms with Crippen LogP contribution in [0.1, 0.15) is 19.8 Å². The predicted octanol–water partition coefficient (Wildman–Crippen LogP) is 2.49. The number of benzene rings is 1. The Kier molecular flexibility index (Phi) is 9.40. The highest BCUT2D eigenvalue weighted by Crippen LogP contribution is 2.27. The summed E-state index contributed by atoms with van der Waals surface area (Å²) < 4.78 is 21.5. The first-order chi connectivity index (χ1) is 10.3. The van der Waals surface area contributed by atoms with E-state index in [0.717, 1.165) is 50.0 Å². The Balaban J connectivity index is 2.15. The van der Waals surface area contributed by atoms with Gasteiger partial charge in [0.05, 0.1) is 20.8 Å². The molecule has 120 valence electrons. The molecule has 0 amide bonds. The van der Waals surface area contributed by atoms with Crippen LogP contribution in [0.3, 0.4) is 0 Å². The van der Waals surface area contributed by atoms with Crippen LogP contribution >= 0.6 is 0 Å². The summed E-state index contributed by atoms with van der Waals surface area (Å²) >= 11 is 0. The number of ether oxygens (including phenoxy) is 4. The van der Waals surface area contributed by atoms with Gasteiger partial charge in [-0.2, -0.15) is 0 Å². The Labute approximate surface area is 127 Å². The lowest BCUT2D eigenvalue weighted by Crippen LogP contribution is -2.25. The summed E-state index contributed by atoms with van der Waals surface area (Å²) in [6, 6.07) is 5.51. The predicted molar refractivity (Wildman–Crippen MR) is 83.6 cm³/mol. The fourth-order valence-electron chi connectivity index (χ4n) is 1.72. The van der Waals surface area contributed by atoms with E-state index < -0.39 is 0 Å². The smallest absolute Gasteiger partial charge is 0.126 e. The van der Waals surface area contributed by atoms with Gasteiger partial charge < -0.3 is 24.3 Å². The maximum absolute atomic E-state index is 5.67. The number of hydrogen-bond acceptors (Lipinski definition) is 5. The third-order valence-corrected chi connectivity index (χ3v) is 2.94. The number of hydrogen-bond donors (Lipinski definition) is 1. The van der Waals surface area contributed by atoms with Crippen LogP contribution < -0.4 is 19.5 Å². The van der Waals surface area contributed by atoms with Crippen molar-refractivity contribution < 1.29 is 18.9 Å². The average molecular weight is 297 g/mol. The van der Waals surface area contributed by atoms with Crippen LogP contribution in [0.5, 0.6) is 17.2 Å². The van der Waals surface area contributed by atoms with Crippen LogP contribution in [0.4, 0.5) is 0 Å². The molecule has 0 fully saturated rings. The molecular weight excluding hydrogens is 270 g/mol. The van der Waals surface area contributed by atoms with E-state index in [9.17, 15) is 0 Å². The lowest BCUT2D eigenvalue weighted by atomic mass is 10.3. The summed E-state index contributed by atoms with van der Waals surface area (Å²) in [5.74, 6) is 2.19. The normalized spacial score (nSPS) is 10.4. The molecule has 5 heteroatoms. The van der Waals surface area contributed by atoms with E-state index in [2.05, 4.69) is 12.2 Å². The quantitative estimate of drug-likeness (QED) is 0.601. The fourth-order valence-corrected chi connectivity index (χ4v) is 1.72. The molecule has 0 aliphatic heterocycles. The van der Waals surface area contributed by atoms with Crippen LogP contribution in [0.2, 0.25) is 0 Å². The summed E-state index contributed by atoms with van der Waals surface area (Å²) in [4.78, 5) is 0. The summed E-state index contributed by atoms with van der Waals surface area (Å²) in [7, 11) is 3.25. The van der Waals surface area contributed by atoms with Gasteiger partial charge in [0.25, 0.3) is 0 Å². The zero-order valence-corrected chi connectivity index (χ0v) is 13.3. The van der Waals surface area contributed by atoms with Crippen molar-refractivity contribution in [3.8, 4) is 17.2 Å². The second-order valence-electron chi connectivity index (χ2n) is 4.61. The van der Waals surface area contributed by atoms with Gasteiger partial charge >= 0.3 is 0 Å². The fraction of sp³-hybridized carbons (Fsp3) is 0.625. The Morgan fingerprint density at radius 3 is 2.10 bits per heavy atom. The van der Waals surface area contributed by atoms with Gasteiger partial charge in [-0.1, -0.05) is 13.3 Å². The van der Waals surface area contributed by atoms with E-state index in [1.54, 1.807) is 14.2 Å². The number of unbranched alkanes of at least 4 members (excludes halogenated alkanes) is 1. The van der Waals surface area contributed by atoms with E-state index in [-0.39, 0.29) is 0 Å². The van der Waals surface area contributed by atoms with E-state index in [4.69, 9.17) is 18.9 Å². The molecule has 0 aromatic heterocycles. The number of rotatable bonds is 12. The molecule has 0 heterocycles. The Morgan fingerprint density at radius 1 is 0.857 bits per heavy atom. The zero-order valence-electron chi connectivity index (χ0n) is 13.3. The number of methoxy groups -OCH3 is 2. The minimum atomic E-state index is 0.589. The molecule has 0 aliphatic rings. The van der Waals surface area contributed by atoms with Crippen molar-refractivity contribution in [3.05, 3.63) is 18.2 Å². The molecule has 0 unspecified atom stereocenters. The van der Waals surface area contributed by atoms with Gasteiger partial charge in [-0.3, -0.25) is 0 Å². The monoisotopic (exact) mass is 297 g/mol. The van der Waals surface area contributed by atoms with Crippen molar-refractivity contribution in [3.63, 3.8) is 0 Å². The van der Waals surface area contributed by atoms with Crippen LogP contribution in [0.25, 0.3) is 0 Å². The van der Waals surface area contributed by atoms with E-state index in [0.29, 0.717) is 6.61 Å². The van der Waals surface area contributed by atoms with Crippen LogP contribution in [-0.4, -0.2) is 47.1 Å². The van der Waals surface area contributed by atoms with E-state index >= 15 is 0 Å². The molecule has 0 atom stereocenters. The SMILES string of the molecule is CCCCOCCNCCOc1cc(OC)cc(OC)c1. The van der Waals surface area contributed by atoms with Gasteiger partial charge in [-0.25, -0.2) is 0 Å². The molecule has 0 bridgehead atoms. The van der Waals surface area contributed by atoms with E-state index in [1.807, 2.05) is 18.2 Å². The molecule has 5 nitrogen and oxygen atoms in total. The van der Waals surface area contributed by atoms with Gasteiger partial charge in [-0.15, -0.1) is 0 Å². The molecule has 0 saturated carbocycles. The lowest BCUT2D eigenvalue weighted by Gasteiger charge is -2.11. The number of nitrogens with one attached hydrogen (secondary N) is 1. The van der Waals surface area contributed by atoms with Crippen molar-refractivity contribution in [2.45, 2.75) is 19.8 Å². The highest BCUT2D eigenvalue weighted by atomic mass is 16.5. The van der Waals surface area contributed by atoms with Gasteiger partial charge in [-0.05, 0) is 6.42 Å². The summed E-state index contributed by atoms with van der Waals surface area (Å²) in [5.41, 5.74) is 0. The van der Waals surface area contributed by atoms with Gasteiger partial charge in [0.2, 0.25) is 0 Å². The molecule has 0 spiro atoms. The Bertz CT molecular complexity index is 362. The van der Waals surface area contributed by atoms with Crippen molar-refractivity contribution in [1.82, 2.24) is 5.32 Å². The highest BCUT2D eigenvalue weighted by Gasteiger charge is 2.02. The Hall–Kier alpha value is -1.46. The first-order valence-corrected chi connectivity index (χ1v) is 7.44. The first kappa shape index (κ1) is 17.6. The summed E-state index contributed by atoms with van der Waals surface area (Å²) in [6.07, 6.45) is 2.30. The standard InChI is InChI=1S/C16H27NO4/c1-4-5-8-20-9-6-17-7-10-21-16-12-14(18-2)11-15(13-16)19-3/h11-13,17H,4-10H2,1-3H3. The molecular formula is C16H27NO4. The lowest BCUT2D eigenvalue weighted by molar-refractivity contribution is 0.132. The molecule has 1 aromatic rings. The average Bonchev–Trinajstić information content (AvgIpc) is 2.52. The maximum Gasteiger partial charge on any atom is 0.126 e. The van der Waals surface area contributed by atoms with Crippen LogP contribution in [-0.2, 0) is 4.74 Å². The molecule has 0 saturated heterocycles. The minimum Gasteiger partial charge on any atom is -0.496 e. The highest BCUT2D eigenvalue weighted by molar-refractivity contribution is 5.41. The van der Waals surface area contributed by atoms with Crippen molar-refractivity contribution in [2.24, 2.45) is 0 Å². The van der Waals surface area contributed by atoms with Gasteiger partial charge in [0.1, 0.15) is 23.9 Å². The largest absolute Gasteiger partial charge is 0.496 e. The van der Waals surface area contributed by atoms with Crippen LogP contribution in [0.15, 0.2) is 18.2 Å². The summed E-state index contributed by atoms with van der Waals surface area (Å²) in [5, 5.41) is 3.28. The van der Waals surface area contributed by atoms with Gasteiger partial charge in [0.15, 0.2) is 0 Å². The summed E-state index contributed by atoms with van der Waals surface area (Å²) in [6.45, 7) is 5.95. The minimum absolute atomic E-state index is 0.589. The molecule has 21 heavy (non-hydrogen) atoms. The second-order valence-corrected chi connectivity index (χ2v) is 4.61. The van der Waals surface area contributed by atoms with Gasteiger partial charge in [0, 0.05) is 37.9 Å². The maximum atomic E-state index is 5.67. The van der Waals surface area contributed by atoms with E-state index in [1.165, 1.54) is 6.42 Å². The van der Waals surface area contributed by atoms with Crippen molar-refractivity contribution >= 4 is 0 Å². The Morgan fingerprint density at radius 2 is 1.48 bits per heavy atom. The van der Waals surface area contributed by atoms with Crippen LogP contribution in [0, 0.1) is 0 Å². The first-order valence-electron chi connectivity index (χ1n) is 7.44. The molecule has 1 rings (SSSR count). The molecule has 1 N–H and O–H groups in total. The van der Waals surface area contributed by atoms with Crippen molar-refractivity contribution in [2.75, 3.05) is 47.1 Å². The molecule has 1 aromatic carbocycles. The molecule has 0 radical (unpaired) electrons. The second kappa shape index (κ2) is 11.2. The third kappa shape index (κ3) is 7.78. The van der Waals surface area contributed by atoms with Crippen molar-refractivity contribution in [1.29, 1.82) is 0 Å². The topological polar surface area (TPSA) is 49.0 Å².